The van der Waals surface area contributed by atoms with Gasteiger partial charge in [-0.3, -0.25) is 14.6 Å². The van der Waals surface area contributed by atoms with Crippen LogP contribution in [0, 0.1) is 0 Å². The van der Waals surface area contributed by atoms with Gasteiger partial charge in [-0.2, -0.15) is 0 Å². The molecule has 1 unspecified atom stereocenters. The van der Waals surface area contributed by atoms with Gasteiger partial charge >= 0.3 is 0 Å². The van der Waals surface area contributed by atoms with Crippen molar-refractivity contribution in [3.05, 3.63) is 65.7 Å². The molecule has 0 spiro atoms. The van der Waals surface area contributed by atoms with Crippen LogP contribution in [0.1, 0.15) is 30.4 Å². The fraction of sp³-hybridized carbons (Fsp3) is 0.375. The lowest BCUT2D eigenvalue weighted by atomic mass is 10.1. The van der Waals surface area contributed by atoms with Crippen LogP contribution in [-0.2, 0) is 22.7 Å². The third-order valence-corrected chi connectivity index (χ3v) is 5.85. The van der Waals surface area contributed by atoms with Crippen LogP contribution in [0.25, 0.3) is 0 Å². The molecule has 7 nitrogen and oxygen atoms in total. The van der Waals surface area contributed by atoms with Crippen LogP contribution in [0.3, 0.4) is 0 Å². The fourth-order valence-electron chi connectivity index (χ4n) is 4.19. The van der Waals surface area contributed by atoms with Crippen molar-refractivity contribution in [3.63, 3.8) is 0 Å². The van der Waals surface area contributed by atoms with E-state index in [2.05, 4.69) is 27.8 Å². The summed E-state index contributed by atoms with van der Waals surface area (Å²) in [4.78, 5) is 32.5. The second-order valence-electron chi connectivity index (χ2n) is 8.00. The Morgan fingerprint density at radius 1 is 1.03 bits per heavy atom. The number of hydrogen-bond donors (Lipinski definition) is 2. The van der Waals surface area contributed by atoms with E-state index in [0.717, 1.165) is 29.8 Å². The fourth-order valence-corrected chi connectivity index (χ4v) is 4.19. The van der Waals surface area contributed by atoms with Crippen molar-refractivity contribution in [1.82, 2.24) is 15.5 Å². The van der Waals surface area contributed by atoms with E-state index in [1.807, 2.05) is 52.3 Å². The Hall–Kier alpha value is -3.35. The first-order valence-electron chi connectivity index (χ1n) is 10.8. The van der Waals surface area contributed by atoms with E-state index in [1.54, 1.807) is 7.05 Å². The van der Waals surface area contributed by atoms with E-state index in [0.29, 0.717) is 38.4 Å². The Balaban J connectivity index is 1.34. The molecule has 0 saturated carbocycles. The summed E-state index contributed by atoms with van der Waals surface area (Å²) in [5.74, 6) is 1.01. The highest BCUT2D eigenvalue weighted by Crippen LogP contribution is 2.21. The van der Waals surface area contributed by atoms with E-state index in [9.17, 15) is 9.59 Å². The normalized spacial score (nSPS) is 19.3. The first-order valence-corrected chi connectivity index (χ1v) is 10.8. The van der Waals surface area contributed by atoms with E-state index in [1.165, 1.54) is 0 Å². The molecule has 7 heteroatoms. The molecule has 0 bridgehead atoms. The van der Waals surface area contributed by atoms with E-state index >= 15 is 0 Å². The average molecular weight is 420 g/mol. The predicted octanol–water partition coefficient (Wildman–Crippen LogP) is 2.28. The topological polar surface area (TPSA) is 77.0 Å². The molecule has 4 rings (SSSR count). The number of guanidine groups is 1. The zero-order valence-electron chi connectivity index (χ0n) is 17.9. The maximum Gasteiger partial charge on any atom is 0.229 e. The largest absolute Gasteiger partial charge is 0.352 e. The molecular weight excluding hydrogens is 390 g/mol. The first kappa shape index (κ1) is 20.9. The Morgan fingerprint density at radius 2 is 1.77 bits per heavy atom. The van der Waals surface area contributed by atoms with Crippen LogP contribution in [0.4, 0.5) is 5.69 Å². The van der Waals surface area contributed by atoms with Crippen molar-refractivity contribution < 1.29 is 9.59 Å². The second kappa shape index (κ2) is 9.64. The number of aliphatic imine (C=N–C) groups is 1. The van der Waals surface area contributed by atoms with Crippen molar-refractivity contribution in [2.45, 2.75) is 38.4 Å². The van der Waals surface area contributed by atoms with Gasteiger partial charge in [0.05, 0.1) is 6.04 Å². The van der Waals surface area contributed by atoms with Crippen LogP contribution in [0.15, 0.2) is 59.6 Å². The molecule has 0 radical (unpaired) electrons. The molecule has 162 valence electrons. The van der Waals surface area contributed by atoms with Gasteiger partial charge in [0.25, 0.3) is 0 Å². The lowest BCUT2D eigenvalue weighted by molar-refractivity contribution is -0.128. The minimum absolute atomic E-state index is 0.00336. The van der Waals surface area contributed by atoms with Gasteiger partial charge in [0, 0.05) is 51.8 Å². The smallest absolute Gasteiger partial charge is 0.229 e. The number of amides is 2. The molecule has 2 saturated heterocycles. The maximum absolute atomic E-state index is 12.5. The molecule has 2 aliphatic rings. The standard InChI is InChI=1S/C24H29N5O2/c1-25-24(27-20-14-23(31)29(17-20)21-10-3-2-4-11-21)26-15-18-8-5-6-9-19(18)16-28-13-7-12-22(28)30/h2-6,8-11,20H,7,12-17H2,1H3,(H2,25,26,27). The molecule has 0 aliphatic carbocycles. The van der Waals surface area contributed by atoms with Gasteiger partial charge in [-0.05, 0) is 29.7 Å². The van der Waals surface area contributed by atoms with Gasteiger partial charge in [-0.25, -0.2) is 0 Å². The summed E-state index contributed by atoms with van der Waals surface area (Å²) >= 11 is 0. The number of benzene rings is 2. The summed E-state index contributed by atoms with van der Waals surface area (Å²) in [5.41, 5.74) is 3.20. The van der Waals surface area contributed by atoms with Crippen molar-refractivity contribution in [2.24, 2.45) is 4.99 Å². The van der Waals surface area contributed by atoms with Crippen LogP contribution in [-0.4, -0.2) is 48.9 Å². The molecule has 2 amide bonds. The Labute approximate surface area is 183 Å². The highest BCUT2D eigenvalue weighted by Gasteiger charge is 2.31. The van der Waals surface area contributed by atoms with Crippen LogP contribution in [0.2, 0.25) is 0 Å². The minimum atomic E-state index is -0.00336. The molecule has 2 heterocycles. The number of nitrogens with zero attached hydrogens (tertiary/aromatic N) is 3. The first-order chi connectivity index (χ1) is 15.1. The van der Waals surface area contributed by atoms with Gasteiger partial charge < -0.3 is 20.4 Å². The number of hydrogen-bond acceptors (Lipinski definition) is 3. The van der Waals surface area contributed by atoms with Gasteiger partial charge in [-0.15, -0.1) is 0 Å². The summed E-state index contributed by atoms with van der Waals surface area (Å²) in [7, 11) is 1.73. The quantitative estimate of drug-likeness (QED) is 0.556. The van der Waals surface area contributed by atoms with Gasteiger partial charge in [-0.1, -0.05) is 42.5 Å². The molecule has 2 aromatic carbocycles. The number of carbonyl (C=O) groups excluding carboxylic acids is 2. The zero-order valence-corrected chi connectivity index (χ0v) is 17.9. The Morgan fingerprint density at radius 3 is 2.48 bits per heavy atom. The van der Waals surface area contributed by atoms with Crippen molar-refractivity contribution in [2.75, 3.05) is 25.0 Å². The number of likely N-dealkylation sites (tertiary alicyclic amines) is 1. The lowest BCUT2D eigenvalue weighted by Crippen LogP contribution is -2.44. The Bertz CT molecular complexity index is 959. The number of anilines is 1. The molecular formula is C24H29N5O2. The van der Waals surface area contributed by atoms with Gasteiger partial charge in [0.2, 0.25) is 11.8 Å². The van der Waals surface area contributed by atoms with Crippen LogP contribution >= 0.6 is 0 Å². The highest BCUT2D eigenvalue weighted by molar-refractivity contribution is 5.97. The predicted molar refractivity (Wildman–Crippen MR) is 122 cm³/mol. The summed E-state index contributed by atoms with van der Waals surface area (Å²) in [5, 5.41) is 6.74. The van der Waals surface area contributed by atoms with Gasteiger partial charge in [0.15, 0.2) is 5.96 Å². The molecule has 2 fully saturated rings. The van der Waals surface area contributed by atoms with Gasteiger partial charge in [0.1, 0.15) is 0 Å². The molecule has 2 N–H and O–H groups in total. The zero-order chi connectivity index (χ0) is 21.6. The SMILES string of the molecule is CN=C(NCc1ccccc1CN1CCCC1=O)NC1CC(=O)N(c2ccccc2)C1. The van der Waals surface area contributed by atoms with E-state index in [-0.39, 0.29) is 17.9 Å². The van der Waals surface area contributed by atoms with Crippen molar-refractivity contribution in [1.29, 1.82) is 0 Å². The molecule has 1 atom stereocenters. The van der Waals surface area contributed by atoms with Crippen LogP contribution in [0.5, 0.6) is 0 Å². The summed E-state index contributed by atoms with van der Waals surface area (Å²) in [6.07, 6.45) is 2.02. The summed E-state index contributed by atoms with van der Waals surface area (Å²) in [6, 6.07) is 17.9. The number of carbonyl (C=O) groups is 2. The molecule has 2 aromatic rings. The monoisotopic (exact) mass is 419 g/mol. The summed E-state index contributed by atoms with van der Waals surface area (Å²) in [6.45, 7) is 2.68. The van der Waals surface area contributed by atoms with E-state index < -0.39 is 0 Å². The second-order valence-corrected chi connectivity index (χ2v) is 8.00. The number of para-hydroxylation sites is 1. The molecule has 31 heavy (non-hydrogen) atoms. The average Bonchev–Trinajstić information content (AvgIpc) is 3.37. The summed E-state index contributed by atoms with van der Waals surface area (Å²) < 4.78 is 0. The number of nitrogens with one attached hydrogen (secondary N) is 2. The third kappa shape index (κ3) is 5.05. The Kier molecular flexibility index (Phi) is 6.50. The third-order valence-electron chi connectivity index (χ3n) is 5.85. The molecule has 0 aromatic heterocycles. The van der Waals surface area contributed by atoms with E-state index in [4.69, 9.17) is 0 Å². The molecule has 2 aliphatic heterocycles. The van der Waals surface area contributed by atoms with Crippen molar-refractivity contribution in [3.8, 4) is 0 Å². The maximum atomic E-state index is 12.5. The lowest BCUT2D eigenvalue weighted by Gasteiger charge is -2.21. The number of rotatable bonds is 6. The van der Waals surface area contributed by atoms with Crippen LogP contribution < -0.4 is 15.5 Å². The van der Waals surface area contributed by atoms with Crippen molar-refractivity contribution >= 4 is 23.5 Å². The highest BCUT2D eigenvalue weighted by atomic mass is 16.2. The minimum Gasteiger partial charge on any atom is -0.352 e.